The predicted molar refractivity (Wildman–Crippen MR) is 72.6 cm³/mol. The van der Waals surface area contributed by atoms with Gasteiger partial charge < -0.3 is 0 Å². The Bertz CT molecular complexity index is 688. The van der Waals surface area contributed by atoms with Crippen LogP contribution >= 0.6 is 0 Å². The van der Waals surface area contributed by atoms with Crippen LogP contribution in [0.25, 0.3) is 22.5 Å². The Hall–Kier alpha value is -2.75. The lowest BCUT2D eigenvalue weighted by molar-refractivity contribution is 0.112. The molecule has 0 bridgehead atoms. The second-order valence-electron chi connectivity index (χ2n) is 4.12. The molecule has 2 aromatic carbocycles. The second kappa shape index (κ2) is 4.86. The molecule has 3 rings (SSSR count). The predicted octanol–water partition coefficient (Wildman–Crippen LogP) is 2.95. The maximum atomic E-state index is 10.7. The molecule has 92 valence electrons. The standard InChI is InChI=1S/C15H11N3O/c19-9-11-5-7-12(8-6-11)13-3-1-2-4-14(13)15-16-10-17-18-15/h1-10H,(H,16,17,18). The summed E-state index contributed by atoms with van der Waals surface area (Å²) in [5.74, 6) is 0.732. The Morgan fingerprint density at radius 3 is 2.32 bits per heavy atom. The first-order valence-electron chi connectivity index (χ1n) is 5.89. The number of H-pyrrole nitrogens is 1. The molecule has 0 fully saturated rings. The van der Waals surface area contributed by atoms with Gasteiger partial charge in [0.2, 0.25) is 0 Å². The molecule has 0 aliphatic heterocycles. The number of hydrogen-bond acceptors (Lipinski definition) is 3. The van der Waals surface area contributed by atoms with Gasteiger partial charge in [0.1, 0.15) is 12.6 Å². The number of carbonyl (C=O) groups excluding carboxylic acids is 1. The van der Waals surface area contributed by atoms with Crippen molar-refractivity contribution < 1.29 is 4.79 Å². The molecule has 0 saturated heterocycles. The number of aromatic nitrogens is 3. The topological polar surface area (TPSA) is 58.6 Å². The number of aromatic amines is 1. The van der Waals surface area contributed by atoms with E-state index in [1.165, 1.54) is 6.33 Å². The zero-order valence-corrected chi connectivity index (χ0v) is 10.1. The van der Waals surface area contributed by atoms with E-state index in [4.69, 9.17) is 0 Å². The third-order valence-corrected chi connectivity index (χ3v) is 2.95. The van der Waals surface area contributed by atoms with Gasteiger partial charge in [-0.05, 0) is 11.1 Å². The van der Waals surface area contributed by atoms with E-state index < -0.39 is 0 Å². The zero-order valence-electron chi connectivity index (χ0n) is 10.1. The minimum Gasteiger partial charge on any atom is -0.298 e. The molecule has 0 aliphatic rings. The number of nitrogens with one attached hydrogen (secondary N) is 1. The molecular weight excluding hydrogens is 238 g/mol. The molecule has 0 amide bonds. The molecule has 0 atom stereocenters. The molecule has 0 unspecified atom stereocenters. The molecule has 0 radical (unpaired) electrons. The average molecular weight is 249 g/mol. The maximum absolute atomic E-state index is 10.7. The van der Waals surface area contributed by atoms with Crippen LogP contribution in [-0.4, -0.2) is 21.5 Å². The summed E-state index contributed by atoms with van der Waals surface area (Å²) in [5.41, 5.74) is 3.74. The number of carbonyl (C=O) groups is 1. The number of aldehydes is 1. The molecule has 3 aromatic rings. The van der Waals surface area contributed by atoms with Crippen molar-refractivity contribution >= 4 is 6.29 Å². The summed E-state index contributed by atoms with van der Waals surface area (Å²) in [6.07, 6.45) is 2.33. The van der Waals surface area contributed by atoms with E-state index in [0.717, 1.165) is 28.8 Å². The van der Waals surface area contributed by atoms with Gasteiger partial charge >= 0.3 is 0 Å². The van der Waals surface area contributed by atoms with Crippen LogP contribution < -0.4 is 0 Å². The van der Waals surface area contributed by atoms with Crippen molar-refractivity contribution in [1.82, 2.24) is 15.2 Å². The van der Waals surface area contributed by atoms with E-state index in [1.54, 1.807) is 12.1 Å². The lowest BCUT2D eigenvalue weighted by Gasteiger charge is -2.07. The van der Waals surface area contributed by atoms with Crippen molar-refractivity contribution in [3.63, 3.8) is 0 Å². The molecule has 4 heteroatoms. The highest BCUT2D eigenvalue weighted by molar-refractivity contribution is 5.82. The highest BCUT2D eigenvalue weighted by Crippen LogP contribution is 2.29. The van der Waals surface area contributed by atoms with Crippen LogP contribution in [0.5, 0.6) is 0 Å². The maximum Gasteiger partial charge on any atom is 0.156 e. The van der Waals surface area contributed by atoms with E-state index in [-0.39, 0.29) is 0 Å². The summed E-state index contributed by atoms with van der Waals surface area (Å²) < 4.78 is 0. The Kier molecular flexibility index (Phi) is 2.90. The summed E-state index contributed by atoms with van der Waals surface area (Å²) in [6.45, 7) is 0. The van der Waals surface area contributed by atoms with Crippen molar-refractivity contribution in [3.8, 4) is 22.5 Å². The van der Waals surface area contributed by atoms with Crippen molar-refractivity contribution in [2.45, 2.75) is 0 Å². The highest BCUT2D eigenvalue weighted by Gasteiger charge is 2.08. The summed E-state index contributed by atoms with van der Waals surface area (Å²) in [7, 11) is 0. The van der Waals surface area contributed by atoms with Crippen molar-refractivity contribution in [3.05, 3.63) is 60.4 Å². The van der Waals surface area contributed by atoms with E-state index >= 15 is 0 Å². The second-order valence-corrected chi connectivity index (χ2v) is 4.12. The van der Waals surface area contributed by atoms with Crippen LogP contribution in [0.15, 0.2) is 54.9 Å². The van der Waals surface area contributed by atoms with Gasteiger partial charge in [0.25, 0.3) is 0 Å². The fourth-order valence-electron chi connectivity index (χ4n) is 2.02. The Morgan fingerprint density at radius 2 is 1.68 bits per heavy atom. The molecule has 0 aliphatic carbocycles. The lowest BCUT2D eigenvalue weighted by Crippen LogP contribution is -1.87. The van der Waals surface area contributed by atoms with Crippen molar-refractivity contribution in [2.75, 3.05) is 0 Å². The van der Waals surface area contributed by atoms with Crippen molar-refractivity contribution in [2.24, 2.45) is 0 Å². The van der Waals surface area contributed by atoms with Gasteiger partial charge in [0.15, 0.2) is 5.82 Å². The van der Waals surface area contributed by atoms with Gasteiger partial charge in [-0.25, -0.2) is 4.98 Å². The monoisotopic (exact) mass is 249 g/mol. The summed E-state index contributed by atoms with van der Waals surface area (Å²) in [4.78, 5) is 14.9. The first kappa shape index (κ1) is 11.3. The molecule has 1 heterocycles. The van der Waals surface area contributed by atoms with E-state index in [2.05, 4.69) is 15.2 Å². The number of nitrogens with zero attached hydrogens (tertiary/aromatic N) is 2. The Morgan fingerprint density at radius 1 is 0.947 bits per heavy atom. The summed E-state index contributed by atoms with van der Waals surface area (Å²) in [5, 5.41) is 6.75. The van der Waals surface area contributed by atoms with Crippen molar-refractivity contribution in [1.29, 1.82) is 0 Å². The van der Waals surface area contributed by atoms with E-state index in [9.17, 15) is 4.79 Å². The first-order valence-corrected chi connectivity index (χ1v) is 5.89. The molecule has 0 saturated carbocycles. The van der Waals surface area contributed by atoms with E-state index in [1.807, 2.05) is 36.4 Å². The summed E-state index contributed by atoms with van der Waals surface area (Å²) in [6, 6.07) is 15.4. The molecule has 4 nitrogen and oxygen atoms in total. The van der Waals surface area contributed by atoms with Gasteiger partial charge in [-0.3, -0.25) is 9.89 Å². The molecule has 19 heavy (non-hydrogen) atoms. The fourth-order valence-corrected chi connectivity index (χ4v) is 2.02. The normalized spacial score (nSPS) is 10.3. The largest absolute Gasteiger partial charge is 0.298 e. The first-order chi connectivity index (χ1) is 9.38. The van der Waals surface area contributed by atoms with Crippen LogP contribution in [0.2, 0.25) is 0 Å². The lowest BCUT2D eigenvalue weighted by atomic mass is 9.98. The zero-order chi connectivity index (χ0) is 13.1. The van der Waals surface area contributed by atoms with Gasteiger partial charge in [0, 0.05) is 11.1 Å². The van der Waals surface area contributed by atoms with Gasteiger partial charge in [-0.2, -0.15) is 5.10 Å². The Balaban J connectivity index is 2.12. The Labute approximate surface area is 110 Å². The quantitative estimate of drug-likeness (QED) is 0.726. The minimum atomic E-state index is 0.667. The minimum absolute atomic E-state index is 0.667. The van der Waals surface area contributed by atoms with Crippen LogP contribution in [0.1, 0.15) is 10.4 Å². The molecule has 1 aromatic heterocycles. The van der Waals surface area contributed by atoms with Crippen LogP contribution in [0, 0.1) is 0 Å². The van der Waals surface area contributed by atoms with Gasteiger partial charge in [-0.1, -0.05) is 48.5 Å². The van der Waals surface area contributed by atoms with Crippen LogP contribution in [0.3, 0.4) is 0 Å². The fraction of sp³-hybridized carbons (Fsp3) is 0. The molecular formula is C15H11N3O. The number of benzene rings is 2. The SMILES string of the molecule is O=Cc1ccc(-c2ccccc2-c2ncn[nH]2)cc1. The average Bonchev–Trinajstić information content (AvgIpc) is 3.01. The number of rotatable bonds is 3. The van der Waals surface area contributed by atoms with Gasteiger partial charge in [-0.15, -0.1) is 0 Å². The van der Waals surface area contributed by atoms with E-state index in [0.29, 0.717) is 5.56 Å². The highest BCUT2D eigenvalue weighted by atomic mass is 16.1. The number of hydrogen-bond donors (Lipinski definition) is 1. The van der Waals surface area contributed by atoms with Crippen LogP contribution in [0.4, 0.5) is 0 Å². The third-order valence-electron chi connectivity index (χ3n) is 2.95. The smallest absolute Gasteiger partial charge is 0.156 e. The molecule has 1 N–H and O–H groups in total. The van der Waals surface area contributed by atoms with Crippen LogP contribution in [-0.2, 0) is 0 Å². The summed E-state index contributed by atoms with van der Waals surface area (Å²) >= 11 is 0. The molecule has 0 spiro atoms. The third kappa shape index (κ3) is 2.15. The van der Waals surface area contributed by atoms with Gasteiger partial charge in [0.05, 0.1) is 0 Å².